The quantitative estimate of drug-likeness (QED) is 0.631. The van der Waals surface area contributed by atoms with Crippen LogP contribution < -0.4 is 19.3 Å². The monoisotopic (exact) mass is 457 g/mol. The van der Waals surface area contributed by atoms with Crippen molar-refractivity contribution in [2.24, 2.45) is 5.92 Å². The molecule has 1 N–H and O–H groups in total. The number of anilines is 2. The molecule has 4 rings (SSSR count). The van der Waals surface area contributed by atoms with Gasteiger partial charge in [0.1, 0.15) is 17.7 Å². The van der Waals surface area contributed by atoms with E-state index in [0.29, 0.717) is 42.9 Å². The van der Waals surface area contributed by atoms with Crippen LogP contribution in [0.3, 0.4) is 0 Å². The molecule has 2 atom stereocenters. The number of hydrogen-bond donors (Lipinski definition) is 1. The number of nitrogens with zero attached hydrogens (tertiary/aromatic N) is 3. The van der Waals surface area contributed by atoms with Gasteiger partial charge in [0.05, 0.1) is 30.6 Å². The third-order valence-corrected chi connectivity index (χ3v) is 6.62. The number of rotatable bonds is 8. The number of carboxylic acid groups (broad SMARTS) is 1. The Labute approximate surface area is 194 Å². The van der Waals surface area contributed by atoms with Gasteiger partial charge in [0, 0.05) is 50.7 Å². The van der Waals surface area contributed by atoms with E-state index in [9.17, 15) is 14.3 Å². The molecule has 0 unspecified atom stereocenters. The summed E-state index contributed by atoms with van der Waals surface area (Å²) in [4.78, 5) is 19.9. The minimum Gasteiger partial charge on any atom is -0.494 e. The van der Waals surface area contributed by atoms with Gasteiger partial charge in [-0.25, -0.2) is 9.37 Å². The molecule has 1 aromatic carbocycles. The highest BCUT2D eigenvalue weighted by molar-refractivity contribution is 5.69. The van der Waals surface area contributed by atoms with Gasteiger partial charge < -0.3 is 24.4 Å². The van der Waals surface area contributed by atoms with Crippen molar-refractivity contribution in [2.45, 2.75) is 51.7 Å². The Hall–Kier alpha value is -3.03. The van der Waals surface area contributed by atoms with E-state index in [1.165, 1.54) is 6.07 Å². The first kappa shape index (κ1) is 23.1. The summed E-state index contributed by atoms with van der Waals surface area (Å²) in [6.45, 7) is 6.77. The van der Waals surface area contributed by atoms with Gasteiger partial charge in [0.25, 0.3) is 0 Å². The van der Waals surface area contributed by atoms with Crippen molar-refractivity contribution < 1.29 is 23.8 Å². The minimum absolute atomic E-state index is 0.0120. The van der Waals surface area contributed by atoms with E-state index in [-0.39, 0.29) is 24.4 Å². The third-order valence-electron chi connectivity index (χ3n) is 6.62. The molecule has 7 nitrogen and oxygen atoms in total. The van der Waals surface area contributed by atoms with Crippen LogP contribution in [0.1, 0.15) is 39.5 Å². The van der Waals surface area contributed by atoms with Crippen molar-refractivity contribution in [1.82, 2.24) is 4.98 Å². The molecule has 0 radical (unpaired) electrons. The summed E-state index contributed by atoms with van der Waals surface area (Å²) in [6.07, 6.45) is 4.43. The molecule has 0 saturated carbocycles. The van der Waals surface area contributed by atoms with Gasteiger partial charge in [-0.15, -0.1) is 0 Å². The highest BCUT2D eigenvalue weighted by atomic mass is 19.1. The number of aromatic nitrogens is 1. The number of benzene rings is 1. The van der Waals surface area contributed by atoms with Crippen LogP contribution in [0, 0.1) is 11.7 Å². The molecule has 178 valence electrons. The Morgan fingerprint density at radius 1 is 1.18 bits per heavy atom. The molecule has 1 aromatic heterocycles. The Morgan fingerprint density at radius 2 is 1.97 bits per heavy atom. The number of piperidine rings is 1. The fourth-order valence-electron chi connectivity index (χ4n) is 4.81. The summed E-state index contributed by atoms with van der Waals surface area (Å²) in [5.74, 6) is 0.551. The topological polar surface area (TPSA) is 75.1 Å². The maximum Gasteiger partial charge on any atom is 0.305 e. The van der Waals surface area contributed by atoms with Crippen LogP contribution in [-0.2, 0) is 4.79 Å². The van der Waals surface area contributed by atoms with Crippen LogP contribution in [0.2, 0.25) is 0 Å². The largest absolute Gasteiger partial charge is 0.494 e. The van der Waals surface area contributed by atoms with Crippen molar-refractivity contribution >= 4 is 17.3 Å². The van der Waals surface area contributed by atoms with Crippen molar-refractivity contribution in [3.05, 3.63) is 42.3 Å². The lowest BCUT2D eigenvalue weighted by Crippen LogP contribution is -2.38. The van der Waals surface area contributed by atoms with E-state index in [0.717, 1.165) is 31.5 Å². The summed E-state index contributed by atoms with van der Waals surface area (Å²) < 4.78 is 26.0. The molecule has 0 amide bonds. The van der Waals surface area contributed by atoms with E-state index >= 15 is 0 Å². The zero-order valence-electron chi connectivity index (χ0n) is 19.2. The molecule has 0 aliphatic carbocycles. The molecule has 8 heteroatoms. The standard InChI is InChI=1S/C25H32FN3O4/c1-3-32-20-5-6-21(26)23(14-20)28-11-9-19(10-12-28)33-24-7-4-18(16-27-24)29-13-8-17(2)22(29)15-25(30)31/h4-7,14,16-17,19,22H,3,8-13,15H2,1-2H3,(H,30,31)/t17-,22+/m1/s1. The number of hydrogen-bond acceptors (Lipinski definition) is 6. The summed E-state index contributed by atoms with van der Waals surface area (Å²) in [5, 5.41) is 9.23. The fraction of sp³-hybridized carbons (Fsp3) is 0.520. The van der Waals surface area contributed by atoms with Gasteiger partial charge in [-0.05, 0) is 37.5 Å². The average molecular weight is 458 g/mol. The van der Waals surface area contributed by atoms with Gasteiger partial charge in [-0.2, -0.15) is 0 Å². The Morgan fingerprint density at radius 3 is 2.64 bits per heavy atom. The Balaban J connectivity index is 1.33. The van der Waals surface area contributed by atoms with Crippen LogP contribution in [-0.4, -0.2) is 54.4 Å². The molecular formula is C25H32FN3O4. The smallest absolute Gasteiger partial charge is 0.305 e. The number of aliphatic carboxylic acids is 1. The average Bonchev–Trinajstić information content (AvgIpc) is 3.16. The highest BCUT2D eigenvalue weighted by Crippen LogP contribution is 2.32. The maximum atomic E-state index is 14.4. The first-order valence-corrected chi connectivity index (χ1v) is 11.7. The second-order valence-electron chi connectivity index (χ2n) is 8.83. The molecule has 2 fully saturated rings. The molecule has 0 spiro atoms. The predicted octanol–water partition coefficient (Wildman–Crippen LogP) is 4.36. The van der Waals surface area contributed by atoms with Gasteiger partial charge in [-0.3, -0.25) is 4.79 Å². The molecule has 33 heavy (non-hydrogen) atoms. The molecule has 2 aromatic rings. The first-order chi connectivity index (χ1) is 15.9. The molecule has 3 heterocycles. The zero-order valence-corrected chi connectivity index (χ0v) is 19.2. The van der Waals surface area contributed by atoms with Crippen LogP contribution in [0.4, 0.5) is 15.8 Å². The second kappa shape index (κ2) is 10.3. The van der Waals surface area contributed by atoms with E-state index in [4.69, 9.17) is 9.47 Å². The van der Waals surface area contributed by atoms with Crippen LogP contribution >= 0.6 is 0 Å². The highest BCUT2D eigenvalue weighted by Gasteiger charge is 2.33. The SMILES string of the molecule is CCOc1ccc(F)c(N2CCC(Oc3ccc(N4CC[C@@H](C)[C@@H]4CC(=O)O)cn3)CC2)c1. The van der Waals surface area contributed by atoms with E-state index in [1.54, 1.807) is 18.3 Å². The summed E-state index contributed by atoms with van der Waals surface area (Å²) in [5.41, 5.74) is 1.50. The normalized spacial score (nSPS) is 21.3. The zero-order chi connectivity index (χ0) is 23.4. The third kappa shape index (κ3) is 5.49. The van der Waals surface area contributed by atoms with E-state index in [2.05, 4.69) is 16.8 Å². The first-order valence-electron chi connectivity index (χ1n) is 11.7. The molecule has 0 bridgehead atoms. The lowest BCUT2D eigenvalue weighted by Gasteiger charge is -2.34. The lowest BCUT2D eigenvalue weighted by molar-refractivity contribution is -0.137. The summed E-state index contributed by atoms with van der Waals surface area (Å²) in [6, 6.07) is 8.67. The fourth-order valence-corrected chi connectivity index (χ4v) is 4.81. The second-order valence-corrected chi connectivity index (χ2v) is 8.83. The number of carboxylic acids is 1. The summed E-state index contributed by atoms with van der Waals surface area (Å²) in [7, 11) is 0. The maximum absolute atomic E-state index is 14.4. The van der Waals surface area contributed by atoms with E-state index in [1.807, 2.05) is 24.0 Å². The van der Waals surface area contributed by atoms with Gasteiger partial charge >= 0.3 is 5.97 Å². The number of ether oxygens (including phenoxy) is 2. The summed E-state index contributed by atoms with van der Waals surface area (Å²) >= 11 is 0. The van der Waals surface area contributed by atoms with Crippen molar-refractivity contribution in [1.29, 1.82) is 0 Å². The Kier molecular flexibility index (Phi) is 7.20. The number of pyridine rings is 1. The molecule has 2 saturated heterocycles. The van der Waals surface area contributed by atoms with Crippen molar-refractivity contribution in [2.75, 3.05) is 36.0 Å². The predicted molar refractivity (Wildman–Crippen MR) is 125 cm³/mol. The number of halogens is 1. The Bertz CT molecular complexity index is 947. The van der Waals surface area contributed by atoms with E-state index < -0.39 is 5.97 Å². The minimum atomic E-state index is -0.775. The van der Waals surface area contributed by atoms with Gasteiger partial charge in [0.15, 0.2) is 0 Å². The molecule has 2 aliphatic rings. The van der Waals surface area contributed by atoms with Crippen LogP contribution in [0.15, 0.2) is 36.5 Å². The van der Waals surface area contributed by atoms with Crippen molar-refractivity contribution in [3.8, 4) is 11.6 Å². The molecule has 2 aliphatic heterocycles. The van der Waals surface area contributed by atoms with Crippen molar-refractivity contribution in [3.63, 3.8) is 0 Å². The lowest BCUT2D eigenvalue weighted by atomic mass is 10.00. The van der Waals surface area contributed by atoms with Gasteiger partial charge in [-0.1, -0.05) is 6.92 Å². The molecular weight excluding hydrogens is 425 g/mol. The van der Waals surface area contributed by atoms with Crippen LogP contribution in [0.25, 0.3) is 0 Å². The van der Waals surface area contributed by atoms with Crippen LogP contribution in [0.5, 0.6) is 11.6 Å². The van der Waals surface area contributed by atoms with Gasteiger partial charge in [0.2, 0.25) is 5.88 Å². The number of carbonyl (C=O) groups is 1.